The molecule has 9 nitrogen and oxygen atoms in total. The molecule has 0 aromatic heterocycles. The first-order chi connectivity index (χ1) is 12.9. The van der Waals surface area contributed by atoms with E-state index >= 15 is 0 Å². The minimum atomic E-state index is -0.807. The predicted octanol–water partition coefficient (Wildman–Crippen LogP) is 1.63. The fourth-order valence-electron chi connectivity index (χ4n) is 2.20. The van der Waals surface area contributed by atoms with E-state index in [1.54, 1.807) is 32.2 Å². The molecule has 27 heavy (non-hydrogen) atoms. The van der Waals surface area contributed by atoms with Crippen molar-refractivity contribution in [2.24, 2.45) is 0 Å². The molecule has 1 rings (SSSR count). The van der Waals surface area contributed by atoms with Gasteiger partial charge in [-0.1, -0.05) is 0 Å². The minimum absolute atomic E-state index is 0.0343. The number of alkyl carbamates (subject to hydrolysis) is 1. The van der Waals surface area contributed by atoms with Crippen molar-refractivity contribution in [2.75, 3.05) is 45.3 Å². The number of imide groups is 1. The summed E-state index contributed by atoms with van der Waals surface area (Å²) in [4.78, 5) is 36.5. The first kappa shape index (κ1) is 22.2. The largest absolute Gasteiger partial charge is 0.490 e. The van der Waals surface area contributed by atoms with Crippen LogP contribution >= 0.6 is 0 Å². The third kappa shape index (κ3) is 8.41. The van der Waals surface area contributed by atoms with E-state index in [1.165, 1.54) is 4.90 Å². The molecule has 0 radical (unpaired) electrons. The highest BCUT2D eigenvalue weighted by Crippen LogP contribution is 2.30. The van der Waals surface area contributed by atoms with Gasteiger partial charge in [-0.15, -0.1) is 0 Å². The van der Waals surface area contributed by atoms with E-state index in [9.17, 15) is 14.4 Å². The average molecular weight is 381 g/mol. The number of carbonyl (C=O) groups is 3. The van der Waals surface area contributed by atoms with Gasteiger partial charge in [0.25, 0.3) is 0 Å². The quantitative estimate of drug-likeness (QED) is 0.634. The smallest absolute Gasteiger partial charge is 0.413 e. The Bertz CT molecular complexity index is 650. The Morgan fingerprint density at radius 3 is 2.19 bits per heavy atom. The lowest BCUT2D eigenvalue weighted by atomic mass is 10.2. The van der Waals surface area contributed by atoms with Gasteiger partial charge in [-0.05, 0) is 40.0 Å². The Morgan fingerprint density at radius 2 is 1.56 bits per heavy atom. The van der Waals surface area contributed by atoms with E-state index in [4.69, 9.17) is 9.47 Å². The molecule has 0 heterocycles. The monoisotopic (exact) mass is 381 g/mol. The van der Waals surface area contributed by atoms with Crippen molar-refractivity contribution in [3.8, 4) is 11.5 Å². The number of anilines is 1. The molecule has 0 atom stereocenters. The molecular formula is C18H27N3O6. The molecule has 150 valence electrons. The molecule has 9 heteroatoms. The van der Waals surface area contributed by atoms with E-state index in [0.29, 0.717) is 30.4 Å². The van der Waals surface area contributed by atoms with Gasteiger partial charge in [-0.25, -0.2) is 4.79 Å². The Kier molecular flexibility index (Phi) is 9.66. The van der Waals surface area contributed by atoms with Gasteiger partial charge in [0.05, 0.1) is 32.9 Å². The topological polar surface area (TPSA) is 106 Å². The van der Waals surface area contributed by atoms with Crippen LogP contribution in [0.2, 0.25) is 0 Å². The number of rotatable bonds is 10. The van der Waals surface area contributed by atoms with Crippen LogP contribution in [0.3, 0.4) is 0 Å². The lowest BCUT2D eigenvalue weighted by Gasteiger charge is -2.16. The summed E-state index contributed by atoms with van der Waals surface area (Å²) >= 11 is 0. The Hall–Kier alpha value is -2.81. The van der Waals surface area contributed by atoms with Crippen LogP contribution in [-0.4, -0.2) is 62.8 Å². The van der Waals surface area contributed by atoms with Crippen LogP contribution in [0, 0.1) is 0 Å². The summed E-state index contributed by atoms with van der Waals surface area (Å²) in [6.07, 6.45) is -0.807. The number of likely N-dealkylation sites (N-methyl/N-ethyl adjacent to an activating group) is 1. The maximum atomic E-state index is 12.2. The molecule has 0 aliphatic carbocycles. The highest BCUT2D eigenvalue weighted by molar-refractivity contribution is 5.94. The molecule has 1 aromatic rings. The van der Waals surface area contributed by atoms with E-state index in [0.717, 1.165) is 0 Å². The maximum Gasteiger partial charge on any atom is 0.413 e. The van der Waals surface area contributed by atoms with E-state index in [1.807, 2.05) is 13.8 Å². The van der Waals surface area contributed by atoms with Crippen LogP contribution in [0.4, 0.5) is 10.5 Å². The van der Waals surface area contributed by atoms with Crippen molar-refractivity contribution in [3.05, 3.63) is 18.2 Å². The zero-order valence-electron chi connectivity index (χ0n) is 16.2. The summed E-state index contributed by atoms with van der Waals surface area (Å²) in [7, 11) is 1.59. The third-order valence-electron chi connectivity index (χ3n) is 3.17. The summed E-state index contributed by atoms with van der Waals surface area (Å²) in [5, 5.41) is 4.81. The summed E-state index contributed by atoms with van der Waals surface area (Å²) in [5.74, 6) is 0.279. The van der Waals surface area contributed by atoms with Crippen molar-refractivity contribution >= 4 is 23.6 Å². The molecule has 0 aliphatic rings. The Labute approximate surface area is 158 Å². The van der Waals surface area contributed by atoms with Crippen LogP contribution in [0.5, 0.6) is 11.5 Å². The molecule has 0 saturated carbocycles. The van der Waals surface area contributed by atoms with Crippen molar-refractivity contribution < 1.29 is 28.6 Å². The summed E-state index contributed by atoms with van der Waals surface area (Å²) in [6, 6.07) is 5.11. The van der Waals surface area contributed by atoms with Crippen LogP contribution in [0.1, 0.15) is 20.8 Å². The Morgan fingerprint density at radius 1 is 0.926 bits per heavy atom. The molecule has 1 aromatic carbocycles. The Balaban J connectivity index is 2.56. The highest BCUT2D eigenvalue weighted by Gasteiger charge is 2.14. The lowest BCUT2D eigenvalue weighted by molar-refractivity contribution is -0.122. The van der Waals surface area contributed by atoms with Gasteiger partial charge in [0.2, 0.25) is 11.8 Å². The summed E-state index contributed by atoms with van der Waals surface area (Å²) < 4.78 is 15.6. The average Bonchev–Trinajstić information content (AvgIpc) is 2.57. The third-order valence-corrected chi connectivity index (χ3v) is 3.17. The second-order valence-electron chi connectivity index (χ2n) is 5.52. The number of ether oxygens (including phenoxy) is 3. The fraction of sp³-hybridized carbons (Fsp3) is 0.500. The number of benzene rings is 1. The number of carbonyl (C=O) groups excluding carboxylic acids is 3. The predicted molar refractivity (Wildman–Crippen MR) is 100 cm³/mol. The first-order valence-electron chi connectivity index (χ1n) is 8.74. The number of nitrogens with zero attached hydrogens (tertiary/aromatic N) is 1. The standard InChI is InChI=1S/C18H27N3O6/c1-5-25-14-9-8-13(10-15(14)26-6-2)19-16(22)11-21(4)12-17(23)20-18(24)27-7-3/h8-10H,5-7,11-12H2,1-4H3,(H,19,22)(H,20,23,24). The number of nitrogens with one attached hydrogen (secondary N) is 2. The molecule has 0 unspecified atom stereocenters. The van der Waals surface area contributed by atoms with Crippen LogP contribution < -0.4 is 20.1 Å². The zero-order valence-corrected chi connectivity index (χ0v) is 16.2. The highest BCUT2D eigenvalue weighted by atomic mass is 16.5. The lowest BCUT2D eigenvalue weighted by Crippen LogP contribution is -2.41. The number of hydrogen-bond acceptors (Lipinski definition) is 7. The zero-order chi connectivity index (χ0) is 20.2. The van der Waals surface area contributed by atoms with Gasteiger partial charge in [0.15, 0.2) is 11.5 Å². The van der Waals surface area contributed by atoms with Gasteiger partial charge < -0.3 is 19.5 Å². The van der Waals surface area contributed by atoms with Crippen molar-refractivity contribution in [2.45, 2.75) is 20.8 Å². The van der Waals surface area contributed by atoms with Crippen molar-refractivity contribution in [1.82, 2.24) is 10.2 Å². The second-order valence-corrected chi connectivity index (χ2v) is 5.52. The van der Waals surface area contributed by atoms with Gasteiger partial charge in [0.1, 0.15) is 0 Å². The van der Waals surface area contributed by atoms with Gasteiger partial charge in [-0.2, -0.15) is 0 Å². The number of hydrogen-bond donors (Lipinski definition) is 2. The maximum absolute atomic E-state index is 12.2. The van der Waals surface area contributed by atoms with Gasteiger partial charge in [-0.3, -0.25) is 19.8 Å². The number of amides is 3. The molecule has 2 N–H and O–H groups in total. The van der Waals surface area contributed by atoms with Crippen LogP contribution in [0.25, 0.3) is 0 Å². The molecule has 0 bridgehead atoms. The molecule has 3 amide bonds. The molecular weight excluding hydrogens is 354 g/mol. The first-order valence-corrected chi connectivity index (χ1v) is 8.74. The molecule has 0 aliphatic heterocycles. The summed E-state index contributed by atoms with van der Waals surface area (Å²) in [6.45, 7) is 6.35. The minimum Gasteiger partial charge on any atom is -0.490 e. The SMILES string of the molecule is CCOC(=O)NC(=O)CN(C)CC(=O)Nc1ccc(OCC)c(OCC)c1. The fourth-order valence-corrected chi connectivity index (χ4v) is 2.20. The van der Waals surface area contributed by atoms with E-state index < -0.39 is 12.0 Å². The second kappa shape index (κ2) is 11.7. The molecule has 0 fully saturated rings. The van der Waals surface area contributed by atoms with Gasteiger partial charge >= 0.3 is 6.09 Å². The van der Waals surface area contributed by atoms with Crippen LogP contribution in [-0.2, 0) is 14.3 Å². The van der Waals surface area contributed by atoms with E-state index in [-0.39, 0.29) is 25.6 Å². The molecule has 0 saturated heterocycles. The summed E-state index contributed by atoms with van der Waals surface area (Å²) in [5.41, 5.74) is 0.552. The van der Waals surface area contributed by atoms with Gasteiger partial charge in [0, 0.05) is 11.8 Å². The van der Waals surface area contributed by atoms with Crippen LogP contribution in [0.15, 0.2) is 18.2 Å². The van der Waals surface area contributed by atoms with Crippen molar-refractivity contribution in [1.29, 1.82) is 0 Å². The van der Waals surface area contributed by atoms with E-state index in [2.05, 4.69) is 15.4 Å². The molecule has 0 spiro atoms. The normalized spacial score (nSPS) is 10.3. The van der Waals surface area contributed by atoms with Crippen molar-refractivity contribution in [3.63, 3.8) is 0 Å².